The molecule has 0 saturated carbocycles. The number of urea groups is 1. The van der Waals surface area contributed by atoms with Gasteiger partial charge in [-0.1, -0.05) is 57.6 Å². The molecule has 0 radical (unpaired) electrons. The van der Waals surface area contributed by atoms with Gasteiger partial charge in [-0.3, -0.25) is 9.59 Å². The Labute approximate surface area is 283 Å². The van der Waals surface area contributed by atoms with Crippen LogP contribution < -0.4 is 0 Å². The highest BCUT2D eigenvalue weighted by atomic mass is 35.5. The summed E-state index contributed by atoms with van der Waals surface area (Å²) >= 11 is 24.9. The number of likely N-dealkylation sites (tertiary alicyclic amines) is 1. The van der Waals surface area contributed by atoms with Crippen LogP contribution in [-0.4, -0.2) is 114 Å². The smallest absolute Gasteiger partial charge is 0.323 e. The van der Waals surface area contributed by atoms with Crippen LogP contribution >= 0.6 is 46.4 Å². The number of oxime groups is 1. The van der Waals surface area contributed by atoms with Gasteiger partial charge in [-0.25, -0.2) is 4.79 Å². The predicted octanol–water partition coefficient (Wildman–Crippen LogP) is 6.23. The van der Waals surface area contributed by atoms with Crippen LogP contribution in [0.5, 0.6) is 0 Å². The highest BCUT2D eigenvalue weighted by molar-refractivity contribution is 6.42. The zero-order valence-corrected chi connectivity index (χ0v) is 28.2. The van der Waals surface area contributed by atoms with Crippen LogP contribution in [0.1, 0.15) is 47.5 Å². The summed E-state index contributed by atoms with van der Waals surface area (Å²) in [5.74, 6) is -1.52. The molecule has 14 heteroatoms. The number of benzene rings is 2. The van der Waals surface area contributed by atoms with Gasteiger partial charge in [-0.05, 0) is 68.1 Å². The largest absolute Gasteiger partial charge is 0.480 e. The van der Waals surface area contributed by atoms with Crippen molar-refractivity contribution in [3.63, 3.8) is 0 Å². The van der Waals surface area contributed by atoms with Crippen molar-refractivity contribution in [3.05, 3.63) is 67.6 Å². The second-order valence-corrected chi connectivity index (χ2v) is 13.0. The van der Waals surface area contributed by atoms with Crippen molar-refractivity contribution < 1.29 is 24.3 Å². The van der Waals surface area contributed by atoms with Gasteiger partial charge in [0, 0.05) is 60.8 Å². The number of hydrogen-bond acceptors (Lipinski definition) is 6. The molecule has 0 aromatic heterocycles. The molecule has 0 aliphatic carbocycles. The van der Waals surface area contributed by atoms with Gasteiger partial charge in [-0.15, -0.1) is 0 Å². The van der Waals surface area contributed by atoms with Gasteiger partial charge in [-0.2, -0.15) is 0 Å². The van der Waals surface area contributed by atoms with Crippen molar-refractivity contribution in [1.29, 1.82) is 0 Å². The van der Waals surface area contributed by atoms with Crippen molar-refractivity contribution in [2.24, 2.45) is 5.16 Å². The molecule has 244 valence electrons. The molecule has 1 N–H and O–H groups in total. The first-order valence-corrected chi connectivity index (χ1v) is 16.2. The minimum Gasteiger partial charge on any atom is -0.480 e. The molecule has 2 heterocycles. The summed E-state index contributed by atoms with van der Waals surface area (Å²) in [5.41, 5.74) is 1.88. The Morgan fingerprint density at radius 2 is 1.71 bits per heavy atom. The summed E-state index contributed by atoms with van der Waals surface area (Å²) in [4.78, 5) is 49.9. The number of carbonyl (C=O) groups is 3. The number of carbonyl (C=O) groups excluding carboxylic acids is 2. The first kappa shape index (κ1) is 35.1. The molecule has 0 unspecified atom stereocenters. The van der Waals surface area contributed by atoms with E-state index in [-0.39, 0.29) is 37.0 Å². The first-order chi connectivity index (χ1) is 21.5. The van der Waals surface area contributed by atoms with Crippen LogP contribution in [0.4, 0.5) is 4.79 Å². The third-order valence-electron chi connectivity index (χ3n) is 8.21. The molecule has 3 amide bonds. The minimum atomic E-state index is -1.00. The van der Waals surface area contributed by atoms with Crippen LogP contribution in [0.15, 0.2) is 41.6 Å². The molecule has 10 nitrogen and oxygen atoms in total. The maximum atomic E-state index is 13.3. The molecule has 0 spiro atoms. The molecule has 2 aliphatic rings. The van der Waals surface area contributed by atoms with E-state index in [4.69, 9.17) is 51.2 Å². The molecule has 2 aliphatic heterocycles. The topological polar surface area (TPSA) is 106 Å². The SMILES string of the molecule is CO/N=C(\CN(C)C(=O)c1cc(Cl)cc(Cl)c1)[C@H](CCN1CCC(N2CCCN(CC(=O)O)C2=O)CC1)c1ccc(Cl)c(Cl)c1. The van der Waals surface area contributed by atoms with Gasteiger partial charge in [0.05, 0.1) is 22.3 Å². The number of aliphatic carboxylic acids is 1. The lowest BCUT2D eigenvalue weighted by molar-refractivity contribution is -0.138. The normalized spacial score (nSPS) is 17.4. The lowest BCUT2D eigenvalue weighted by atomic mass is 9.89. The monoisotopic (exact) mass is 699 g/mol. The fourth-order valence-electron chi connectivity index (χ4n) is 6.01. The van der Waals surface area contributed by atoms with Crippen LogP contribution in [0, 0.1) is 0 Å². The fourth-order valence-corrected chi connectivity index (χ4v) is 6.84. The summed E-state index contributed by atoms with van der Waals surface area (Å²) in [6.07, 6.45) is 3.00. The molecule has 2 aromatic carbocycles. The Bertz CT molecular complexity index is 1400. The van der Waals surface area contributed by atoms with E-state index in [0.29, 0.717) is 50.9 Å². The van der Waals surface area contributed by atoms with E-state index in [2.05, 4.69) is 10.1 Å². The van der Waals surface area contributed by atoms with Crippen molar-refractivity contribution in [3.8, 4) is 0 Å². The lowest BCUT2D eigenvalue weighted by Crippen LogP contribution is -2.56. The summed E-state index contributed by atoms with van der Waals surface area (Å²) in [6.45, 7) is 3.30. The van der Waals surface area contributed by atoms with E-state index in [0.717, 1.165) is 44.5 Å². The number of amides is 3. The summed E-state index contributed by atoms with van der Waals surface area (Å²) < 4.78 is 0. The molecule has 2 saturated heterocycles. The maximum Gasteiger partial charge on any atom is 0.323 e. The summed E-state index contributed by atoms with van der Waals surface area (Å²) in [5, 5.41) is 15.1. The number of carboxylic acids is 1. The zero-order valence-electron chi connectivity index (χ0n) is 25.2. The third kappa shape index (κ3) is 9.39. The van der Waals surface area contributed by atoms with Crippen molar-refractivity contribution in [2.45, 2.75) is 37.6 Å². The fraction of sp³-hybridized carbons (Fsp3) is 0.484. The number of piperidine rings is 1. The molecular formula is C31H37Cl4N5O5. The van der Waals surface area contributed by atoms with E-state index in [1.807, 2.05) is 17.0 Å². The molecule has 45 heavy (non-hydrogen) atoms. The number of hydrogen-bond donors (Lipinski definition) is 1. The van der Waals surface area contributed by atoms with Gasteiger partial charge in [0.25, 0.3) is 5.91 Å². The lowest BCUT2D eigenvalue weighted by Gasteiger charge is -2.43. The Hall–Kier alpha value is -2.76. The van der Waals surface area contributed by atoms with Gasteiger partial charge in [0.1, 0.15) is 13.7 Å². The predicted molar refractivity (Wildman–Crippen MR) is 177 cm³/mol. The summed E-state index contributed by atoms with van der Waals surface area (Å²) in [7, 11) is 3.15. The number of halogens is 4. The van der Waals surface area contributed by atoms with E-state index < -0.39 is 5.97 Å². The second kappa shape index (κ2) is 16.2. The average Bonchev–Trinajstić information content (AvgIpc) is 2.99. The molecule has 0 bridgehead atoms. The van der Waals surface area contributed by atoms with Crippen molar-refractivity contribution in [2.75, 3.05) is 60.0 Å². The van der Waals surface area contributed by atoms with Crippen LogP contribution in [-0.2, 0) is 9.63 Å². The number of rotatable bonds is 12. The Morgan fingerprint density at radius 1 is 1.02 bits per heavy atom. The number of nitrogens with zero attached hydrogens (tertiary/aromatic N) is 5. The standard InChI is InChI=1S/C31H37Cl4N5O5/c1-37(30(43)21-14-22(32)17-23(33)15-21)18-28(36-45-2)25(20-4-5-26(34)27(35)16-20)8-13-38-11-6-24(7-12-38)40-10-3-9-39(31(40)44)19-29(41)42/h4-5,14-17,24-25H,3,6-13,18-19H2,1-2H3,(H,41,42)/b36-28+/t25-/m1/s1. The first-order valence-electron chi connectivity index (χ1n) is 14.7. The Kier molecular flexibility index (Phi) is 12.6. The van der Waals surface area contributed by atoms with Gasteiger partial charge < -0.3 is 29.5 Å². The average molecular weight is 701 g/mol. The maximum absolute atomic E-state index is 13.3. The van der Waals surface area contributed by atoms with Crippen LogP contribution in [0.3, 0.4) is 0 Å². The second-order valence-electron chi connectivity index (χ2n) is 11.3. The molecular weight excluding hydrogens is 664 g/mol. The Morgan fingerprint density at radius 3 is 2.33 bits per heavy atom. The Balaban J connectivity index is 1.45. The molecule has 2 fully saturated rings. The highest BCUT2D eigenvalue weighted by Crippen LogP contribution is 2.31. The zero-order chi connectivity index (χ0) is 32.7. The van der Waals surface area contributed by atoms with Crippen molar-refractivity contribution in [1.82, 2.24) is 19.6 Å². The molecule has 4 rings (SSSR count). The van der Waals surface area contributed by atoms with Crippen LogP contribution in [0.2, 0.25) is 20.1 Å². The number of carboxylic acid groups (broad SMARTS) is 1. The molecule has 1 atom stereocenters. The van der Waals surface area contributed by atoms with Gasteiger partial charge >= 0.3 is 12.0 Å². The quantitative estimate of drug-likeness (QED) is 0.208. The van der Waals surface area contributed by atoms with E-state index in [1.54, 1.807) is 36.2 Å². The highest BCUT2D eigenvalue weighted by Gasteiger charge is 2.34. The van der Waals surface area contributed by atoms with E-state index in [9.17, 15) is 19.5 Å². The van der Waals surface area contributed by atoms with Crippen LogP contribution in [0.25, 0.3) is 0 Å². The summed E-state index contributed by atoms with van der Waals surface area (Å²) in [6, 6.07) is 10.0. The van der Waals surface area contributed by atoms with E-state index in [1.165, 1.54) is 12.0 Å². The molecule has 2 aromatic rings. The van der Waals surface area contributed by atoms with E-state index >= 15 is 0 Å². The minimum absolute atomic E-state index is 0.0708. The van der Waals surface area contributed by atoms with Crippen molar-refractivity contribution >= 4 is 70.0 Å². The third-order valence-corrected chi connectivity index (χ3v) is 9.39. The van der Waals surface area contributed by atoms with Gasteiger partial charge in [0.15, 0.2) is 0 Å². The van der Waals surface area contributed by atoms with Gasteiger partial charge in [0.2, 0.25) is 0 Å².